The number of hydrogen-bond donors (Lipinski definition) is 2. The molecule has 0 heterocycles. The molecule has 3 atom stereocenters. The molecule has 1 saturated carbocycles. The normalized spacial score (nSPS) is 26.8. The molecule has 0 aliphatic heterocycles. The van der Waals surface area contributed by atoms with Gasteiger partial charge in [0.05, 0.1) is 0 Å². The minimum atomic E-state index is -0.964. The third-order valence-electron chi connectivity index (χ3n) is 5.07. The van der Waals surface area contributed by atoms with Crippen molar-refractivity contribution in [1.29, 1.82) is 0 Å². The van der Waals surface area contributed by atoms with E-state index in [4.69, 9.17) is 0 Å². The second-order valence-electron chi connectivity index (χ2n) is 6.78. The van der Waals surface area contributed by atoms with Gasteiger partial charge in [0, 0.05) is 15.8 Å². The molecule has 0 radical (unpaired) electrons. The molecule has 5 heteroatoms. The monoisotopic (exact) mass is 365 g/mol. The highest BCUT2D eigenvalue weighted by Gasteiger charge is 2.61. The summed E-state index contributed by atoms with van der Waals surface area (Å²) in [7, 11) is 0. The summed E-state index contributed by atoms with van der Waals surface area (Å²) in [5.41, 5.74) is 2.52. The zero-order chi connectivity index (χ0) is 16.1. The van der Waals surface area contributed by atoms with E-state index in [0.29, 0.717) is 0 Å². The standard InChI is InChI=1S/C17H20BrNO3/c1-9(2)14(16(21)22)19-15(20)13-8-17(13)6-5-10-7-11(18)3-4-12(10)17/h3-4,7,9,13-14H,5-6,8H2,1-2H3,(H,19,20)(H,21,22)/t13?,14-,17?/m1/s1. The van der Waals surface area contributed by atoms with Crippen LogP contribution in [-0.2, 0) is 21.4 Å². The summed E-state index contributed by atoms with van der Waals surface area (Å²) in [5.74, 6) is -1.29. The molecule has 118 valence electrons. The van der Waals surface area contributed by atoms with Gasteiger partial charge in [0.1, 0.15) is 6.04 Å². The summed E-state index contributed by atoms with van der Waals surface area (Å²) >= 11 is 3.49. The molecule has 0 saturated heterocycles. The van der Waals surface area contributed by atoms with Crippen LogP contribution in [0, 0.1) is 11.8 Å². The Labute approximate surface area is 138 Å². The van der Waals surface area contributed by atoms with Gasteiger partial charge in [0.15, 0.2) is 0 Å². The van der Waals surface area contributed by atoms with Gasteiger partial charge in [-0.1, -0.05) is 35.8 Å². The van der Waals surface area contributed by atoms with Crippen LogP contribution in [0.15, 0.2) is 22.7 Å². The smallest absolute Gasteiger partial charge is 0.326 e. The van der Waals surface area contributed by atoms with Crippen LogP contribution < -0.4 is 5.32 Å². The number of aryl methyl sites for hydroxylation is 1. The summed E-state index contributed by atoms with van der Waals surface area (Å²) in [6.07, 6.45) is 2.80. The number of amides is 1. The fraction of sp³-hybridized carbons (Fsp3) is 0.529. The molecule has 1 aromatic carbocycles. The Morgan fingerprint density at radius 2 is 2.14 bits per heavy atom. The number of carboxylic acid groups (broad SMARTS) is 1. The van der Waals surface area contributed by atoms with Crippen molar-refractivity contribution in [3.05, 3.63) is 33.8 Å². The number of carboxylic acids is 1. The maximum atomic E-state index is 12.5. The lowest BCUT2D eigenvalue weighted by Crippen LogP contribution is -2.45. The quantitative estimate of drug-likeness (QED) is 0.861. The Morgan fingerprint density at radius 3 is 2.77 bits per heavy atom. The van der Waals surface area contributed by atoms with Gasteiger partial charge < -0.3 is 10.4 Å². The Hall–Kier alpha value is -1.36. The van der Waals surface area contributed by atoms with E-state index in [9.17, 15) is 14.7 Å². The lowest BCUT2D eigenvalue weighted by Gasteiger charge is -2.19. The van der Waals surface area contributed by atoms with Gasteiger partial charge in [0.25, 0.3) is 0 Å². The summed E-state index contributed by atoms with van der Waals surface area (Å²) < 4.78 is 1.07. The van der Waals surface area contributed by atoms with E-state index in [0.717, 1.165) is 23.7 Å². The van der Waals surface area contributed by atoms with E-state index in [1.54, 1.807) is 0 Å². The molecule has 1 spiro atoms. The Morgan fingerprint density at radius 1 is 1.41 bits per heavy atom. The van der Waals surface area contributed by atoms with Crippen LogP contribution in [0.4, 0.5) is 0 Å². The molecule has 0 bridgehead atoms. The van der Waals surface area contributed by atoms with Crippen molar-refractivity contribution >= 4 is 27.8 Å². The molecular weight excluding hydrogens is 346 g/mol. The highest BCUT2D eigenvalue weighted by atomic mass is 79.9. The van der Waals surface area contributed by atoms with Crippen LogP contribution in [-0.4, -0.2) is 23.0 Å². The molecule has 2 aliphatic rings. The first-order valence-corrected chi connectivity index (χ1v) is 8.46. The molecule has 4 nitrogen and oxygen atoms in total. The summed E-state index contributed by atoms with van der Waals surface area (Å²) in [6.45, 7) is 3.62. The van der Waals surface area contributed by atoms with Crippen molar-refractivity contribution in [2.45, 2.75) is 44.6 Å². The molecule has 1 fully saturated rings. The number of halogens is 1. The number of hydrogen-bond acceptors (Lipinski definition) is 2. The van der Waals surface area contributed by atoms with Crippen molar-refractivity contribution in [3.8, 4) is 0 Å². The molecule has 2 N–H and O–H groups in total. The van der Waals surface area contributed by atoms with Crippen molar-refractivity contribution < 1.29 is 14.7 Å². The van der Waals surface area contributed by atoms with Crippen LogP contribution >= 0.6 is 15.9 Å². The number of carbonyl (C=O) groups excluding carboxylic acids is 1. The second kappa shape index (κ2) is 5.37. The fourth-order valence-corrected chi connectivity index (χ4v) is 4.15. The third kappa shape index (κ3) is 2.45. The number of nitrogens with one attached hydrogen (secondary N) is 1. The van der Waals surface area contributed by atoms with Gasteiger partial charge >= 0.3 is 5.97 Å². The van der Waals surface area contributed by atoms with Crippen LogP contribution in [0.3, 0.4) is 0 Å². The highest BCUT2D eigenvalue weighted by molar-refractivity contribution is 9.10. The van der Waals surface area contributed by atoms with Crippen LogP contribution in [0.25, 0.3) is 0 Å². The molecule has 1 aromatic rings. The number of rotatable bonds is 4. The third-order valence-corrected chi connectivity index (χ3v) is 5.56. The Kier molecular flexibility index (Phi) is 3.79. The van der Waals surface area contributed by atoms with Crippen LogP contribution in [0.1, 0.15) is 37.8 Å². The van der Waals surface area contributed by atoms with E-state index in [2.05, 4.69) is 33.4 Å². The predicted molar refractivity (Wildman–Crippen MR) is 86.7 cm³/mol. The molecular formula is C17H20BrNO3. The number of carbonyl (C=O) groups is 2. The summed E-state index contributed by atoms with van der Waals surface area (Å²) in [5, 5.41) is 11.9. The summed E-state index contributed by atoms with van der Waals surface area (Å²) in [4.78, 5) is 23.7. The molecule has 0 aromatic heterocycles. The largest absolute Gasteiger partial charge is 0.480 e. The van der Waals surface area contributed by atoms with E-state index in [1.165, 1.54) is 11.1 Å². The van der Waals surface area contributed by atoms with Crippen molar-refractivity contribution in [2.24, 2.45) is 11.8 Å². The highest BCUT2D eigenvalue weighted by Crippen LogP contribution is 2.61. The first-order chi connectivity index (χ1) is 10.3. The zero-order valence-electron chi connectivity index (χ0n) is 12.7. The topological polar surface area (TPSA) is 66.4 Å². The molecule has 2 unspecified atom stereocenters. The Bertz CT molecular complexity index is 643. The Balaban J connectivity index is 1.75. The lowest BCUT2D eigenvalue weighted by atomic mass is 9.95. The average Bonchev–Trinajstić information content (AvgIpc) is 3.06. The van der Waals surface area contributed by atoms with Gasteiger partial charge in [-0.05, 0) is 48.4 Å². The van der Waals surface area contributed by atoms with Crippen molar-refractivity contribution in [3.63, 3.8) is 0 Å². The molecule has 3 rings (SSSR count). The maximum absolute atomic E-state index is 12.5. The van der Waals surface area contributed by atoms with Gasteiger partial charge in [-0.2, -0.15) is 0 Å². The first-order valence-electron chi connectivity index (χ1n) is 7.67. The fourth-order valence-electron chi connectivity index (χ4n) is 3.74. The predicted octanol–water partition coefficient (Wildman–Crippen LogP) is 2.88. The van der Waals surface area contributed by atoms with Gasteiger partial charge in [-0.15, -0.1) is 0 Å². The van der Waals surface area contributed by atoms with Crippen LogP contribution in [0.2, 0.25) is 0 Å². The van der Waals surface area contributed by atoms with Crippen molar-refractivity contribution in [2.75, 3.05) is 0 Å². The number of aliphatic carboxylic acids is 1. The van der Waals surface area contributed by atoms with Gasteiger partial charge in [0.2, 0.25) is 5.91 Å². The SMILES string of the molecule is CC(C)[C@@H](NC(=O)C1CC12CCc1cc(Br)ccc12)C(=O)O. The van der Waals surface area contributed by atoms with Crippen molar-refractivity contribution in [1.82, 2.24) is 5.32 Å². The number of fused-ring (bicyclic) bond motifs is 2. The van der Waals surface area contributed by atoms with Crippen LogP contribution in [0.5, 0.6) is 0 Å². The number of benzene rings is 1. The second-order valence-corrected chi connectivity index (χ2v) is 7.70. The maximum Gasteiger partial charge on any atom is 0.326 e. The molecule has 22 heavy (non-hydrogen) atoms. The lowest BCUT2D eigenvalue weighted by molar-refractivity contribution is -0.143. The molecule has 1 amide bonds. The van der Waals surface area contributed by atoms with E-state index < -0.39 is 12.0 Å². The van der Waals surface area contributed by atoms with Gasteiger partial charge in [-0.25, -0.2) is 4.79 Å². The van der Waals surface area contributed by atoms with E-state index in [1.807, 2.05) is 19.9 Å². The van der Waals surface area contributed by atoms with E-state index in [-0.39, 0.29) is 23.2 Å². The average molecular weight is 366 g/mol. The minimum Gasteiger partial charge on any atom is -0.480 e. The molecule has 2 aliphatic carbocycles. The van der Waals surface area contributed by atoms with Gasteiger partial charge in [-0.3, -0.25) is 4.79 Å². The first kappa shape index (κ1) is 15.5. The van der Waals surface area contributed by atoms with E-state index >= 15 is 0 Å². The summed E-state index contributed by atoms with van der Waals surface area (Å²) in [6, 6.07) is 5.45. The zero-order valence-corrected chi connectivity index (χ0v) is 14.3. The minimum absolute atomic E-state index is 0.0554.